The molecule has 3 heteroatoms. The molecule has 0 radical (unpaired) electrons. The zero-order chi connectivity index (χ0) is 10.3. The fourth-order valence-electron chi connectivity index (χ4n) is 1.86. The molecule has 0 saturated heterocycles. The van der Waals surface area contributed by atoms with Crippen LogP contribution in [0.3, 0.4) is 0 Å². The van der Waals surface area contributed by atoms with E-state index in [1.807, 2.05) is 13.8 Å². The first kappa shape index (κ1) is 9.53. The molecule has 1 heterocycles. The maximum atomic E-state index is 10.9. The summed E-state index contributed by atoms with van der Waals surface area (Å²) in [6.45, 7) is 4.59. The Morgan fingerprint density at radius 3 is 2.71 bits per heavy atom. The Hall–Kier alpha value is -1.02. The highest BCUT2D eigenvalue weighted by atomic mass is 35.5. The van der Waals surface area contributed by atoms with Crippen molar-refractivity contribution < 1.29 is 9.53 Å². The van der Waals surface area contributed by atoms with Crippen molar-refractivity contribution >= 4 is 17.9 Å². The van der Waals surface area contributed by atoms with Gasteiger partial charge in [0.2, 0.25) is 0 Å². The minimum Gasteiger partial charge on any atom is -0.491 e. The maximum Gasteiger partial charge on any atom is 0.151 e. The second kappa shape index (κ2) is 3.28. The molecule has 0 atom stereocenters. The van der Waals surface area contributed by atoms with E-state index < -0.39 is 0 Å². The Morgan fingerprint density at radius 2 is 2.07 bits per heavy atom. The van der Waals surface area contributed by atoms with Crippen LogP contribution in [0.5, 0.6) is 5.75 Å². The van der Waals surface area contributed by atoms with E-state index in [1.165, 1.54) is 0 Å². The van der Waals surface area contributed by atoms with E-state index in [1.54, 1.807) is 0 Å². The van der Waals surface area contributed by atoms with Gasteiger partial charge in [-0.2, -0.15) is 0 Å². The molecule has 1 aliphatic heterocycles. The van der Waals surface area contributed by atoms with Gasteiger partial charge in [-0.1, -0.05) is 11.6 Å². The van der Waals surface area contributed by atoms with Gasteiger partial charge in [0.25, 0.3) is 0 Å². The molecule has 0 saturated carbocycles. The first-order chi connectivity index (χ1) is 6.66. The van der Waals surface area contributed by atoms with Crippen molar-refractivity contribution in [1.29, 1.82) is 0 Å². The molecular weight excluding hydrogens is 200 g/mol. The molecular formula is C11H11ClO2. The predicted molar refractivity (Wildman–Crippen MR) is 55.5 cm³/mol. The first-order valence-electron chi connectivity index (χ1n) is 4.56. The molecule has 0 amide bonds. The Labute approximate surface area is 87.8 Å². The molecule has 0 fully saturated rings. The second-order valence-electron chi connectivity index (χ2n) is 3.50. The minimum absolute atomic E-state index is 0.468. The number of aldehydes is 1. The van der Waals surface area contributed by atoms with E-state index in [4.69, 9.17) is 16.3 Å². The number of hydrogen-bond acceptors (Lipinski definition) is 2. The van der Waals surface area contributed by atoms with E-state index in [0.717, 1.165) is 29.4 Å². The van der Waals surface area contributed by atoms with Crippen LogP contribution >= 0.6 is 11.6 Å². The van der Waals surface area contributed by atoms with Crippen molar-refractivity contribution in [3.8, 4) is 5.75 Å². The van der Waals surface area contributed by atoms with E-state index in [-0.39, 0.29) is 0 Å². The van der Waals surface area contributed by atoms with Crippen LogP contribution in [-0.4, -0.2) is 12.9 Å². The van der Waals surface area contributed by atoms with Gasteiger partial charge in [-0.05, 0) is 25.0 Å². The van der Waals surface area contributed by atoms with Gasteiger partial charge in [0, 0.05) is 17.5 Å². The molecule has 0 spiro atoms. The molecule has 0 N–H and O–H groups in total. The summed E-state index contributed by atoms with van der Waals surface area (Å²) in [6.07, 6.45) is 1.69. The van der Waals surface area contributed by atoms with Crippen LogP contribution < -0.4 is 4.74 Å². The van der Waals surface area contributed by atoms with Gasteiger partial charge in [-0.25, -0.2) is 0 Å². The maximum absolute atomic E-state index is 10.9. The fourth-order valence-corrected chi connectivity index (χ4v) is 2.22. The van der Waals surface area contributed by atoms with E-state index in [0.29, 0.717) is 22.9 Å². The number of carbonyl (C=O) groups excluding carboxylic acids is 1. The van der Waals surface area contributed by atoms with Gasteiger partial charge in [0.15, 0.2) is 6.29 Å². The molecule has 0 aliphatic carbocycles. The lowest BCUT2D eigenvalue weighted by molar-refractivity contribution is 0.112. The molecule has 2 nitrogen and oxygen atoms in total. The summed E-state index contributed by atoms with van der Waals surface area (Å²) in [6, 6.07) is 0. The van der Waals surface area contributed by atoms with Crippen LogP contribution in [0.1, 0.15) is 27.0 Å². The monoisotopic (exact) mass is 210 g/mol. The van der Waals surface area contributed by atoms with Gasteiger partial charge in [0.05, 0.1) is 11.6 Å². The molecule has 1 aromatic carbocycles. The largest absolute Gasteiger partial charge is 0.491 e. The summed E-state index contributed by atoms with van der Waals surface area (Å²) in [4.78, 5) is 10.9. The van der Waals surface area contributed by atoms with Crippen LogP contribution in [0.15, 0.2) is 0 Å². The SMILES string of the molecule is Cc1c(C)c2c(c(Cl)c1C=O)OCC2. The summed E-state index contributed by atoms with van der Waals surface area (Å²) in [7, 11) is 0. The number of rotatable bonds is 1. The van der Waals surface area contributed by atoms with Crippen molar-refractivity contribution in [3.05, 3.63) is 27.3 Å². The number of halogens is 1. The van der Waals surface area contributed by atoms with E-state index >= 15 is 0 Å². The minimum atomic E-state index is 0.468. The Kier molecular flexibility index (Phi) is 2.23. The third kappa shape index (κ3) is 1.14. The topological polar surface area (TPSA) is 26.3 Å². The Balaban J connectivity index is 2.79. The Bertz CT molecular complexity index is 410. The third-order valence-electron chi connectivity index (χ3n) is 2.85. The molecule has 2 rings (SSSR count). The lowest BCUT2D eigenvalue weighted by Gasteiger charge is -2.11. The van der Waals surface area contributed by atoms with Crippen molar-refractivity contribution in [2.45, 2.75) is 20.3 Å². The highest BCUT2D eigenvalue weighted by Gasteiger charge is 2.23. The molecule has 74 valence electrons. The van der Waals surface area contributed by atoms with Gasteiger partial charge in [0.1, 0.15) is 5.75 Å². The third-order valence-corrected chi connectivity index (χ3v) is 3.22. The van der Waals surface area contributed by atoms with E-state index in [2.05, 4.69) is 0 Å². The molecule has 0 aromatic heterocycles. The van der Waals surface area contributed by atoms with Crippen LogP contribution in [0.2, 0.25) is 5.02 Å². The van der Waals surface area contributed by atoms with Crippen molar-refractivity contribution in [3.63, 3.8) is 0 Å². The zero-order valence-electron chi connectivity index (χ0n) is 8.19. The summed E-state index contributed by atoms with van der Waals surface area (Å²) >= 11 is 6.08. The van der Waals surface area contributed by atoms with Gasteiger partial charge in [-0.3, -0.25) is 4.79 Å². The summed E-state index contributed by atoms with van der Waals surface area (Å²) in [5.74, 6) is 0.705. The van der Waals surface area contributed by atoms with Crippen molar-refractivity contribution in [1.82, 2.24) is 0 Å². The highest BCUT2D eigenvalue weighted by Crippen LogP contribution is 2.39. The van der Waals surface area contributed by atoms with Crippen LogP contribution in [-0.2, 0) is 6.42 Å². The molecule has 0 bridgehead atoms. The number of ether oxygens (including phenoxy) is 1. The highest BCUT2D eigenvalue weighted by molar-refractivity contribution is 6.34. The normalized spacial score (nSPS) is 13.6. The molecule has 1 aromatic rings. The van der Waals surface area contributed by atoms with Crippen LogP contribution in [0.25, 0.3) is 0 Å². The number of carbonyl (C=O) groups is 1. The summed E-state index contributed by atoms with van der Waals surface area (Å²) < 4.78 is 5.42. The Morgan fingerprint density at radius 1 is 1.36 bits per heavy atom. The number of hydrogen-bond donors (Lipinski definition) is 0. The second-order valence-corrected chi connectivity index (χ2v) is 3.88. The zero-order valence-corrected chi connectivity index (χ0v) is 8.94. The van der Waals surface area contributed by atoms with Crippen LogP contribution in [0, 0.1) is 13.8 Å². The quantitative estimate of drug-likeness (QED) is 0.667. The van der Waals surface area contributed by atoms with Crippen LogP contribution in [0.4, 0.5) is 0 Å². The average molecular weight is 211 g/mol. The van der Waals surface area contributed by atoms with Gasteiger partial charge < -0.3 is 4.74 Å². The lowest BCUT2D eigenvalue weighted by Crippen LogP contribution is -1.96. The van der Waals surface area contributed by atoms with Gasteiger partial charge in [-0.15, -0.1) is 0 Å². The summed E-state index contributed by atoms with van der Waals surface area (Å²) in [5.41, 5.74) is 3.81. The molecule has 0 unspecified atom stereocenters. The van der Waals surface area contributed by atoms with Crippen molar-refractivity contribution in [2.24, 2.45) is 0 Å². The van der Waals surface area contributed by atoms with E-state index in [9.17, 15) is 4.79 Å². The molecule has 14 heavy (non-hydrogen) atoms. The standard InChI is InChI=1S/C11H11ClO2/c1-6-7(2)9(5-13)10(12)11-8(6)3-4-14-11/h5H,3-4H2,1-2H3. The predicted octanol–water partition coefficient (Wildman–Crippen LogP) is 2.70. The number of benzene rings is 1. The van der Waals surface area contributed by atoms with Crippen molar-refractivity contribution in [2.75, 3.05) is 6.61 Å². The smallest absolute Gasteiger partial charge is 0.151 e. The van der Waals surface area contributed by atoms with Gasteiger partial charge >= 0.3 is 0 Å². The summed E-state index contributed by atoms with van der Waals surface area (Å²) in [5, 5.41) is 0.468. The lowest BCUT2D eigenvalue weighted by atomic mass is 9.97. The average Bonchev–Trinajstić information content (AvgIpc) is 2.64. The first-order valence-corrected chi connectivity index (χ1v) is 4.94. The fraction of sp³-hybridized carbons (Fsp3) is 0.364. The molecule has 1 aliphatic rings. The number of fused-ring (bicyclic) bond motifs is 1.